The fourth-order valence-corrected chi connectivity index (χ4v) is 2.68. The Morgan fingerprint density at radius 2 is 2.30 bits per heavy atom. The van der Waals surface area contributed by atoms with E-state index in [0.717, 1.165) is 15.4 Å². The van der Waals surface area contributed by atoms with E-state index in [2.05, 4.69) is 25.4 Å². The molecule has 0 aliphatic heterocycles. The largest absolute Gasteiger partial charge is 0.351 e. The lowest BCUT2D eigenvalue weighted by Gasteiger charge is -2.01. The van der Waals surface area contributed by atoms with Gasteiger partial charge in [-0.1, -0.05) is 5.16 Å². The highest BCUT2D eigenvalue weighted by Crippen LogP contribution is 2.14. The highest BCUT2D eigenvalue weighted by atomic mass is 32.1. The summed E-state index contributed by atoms with van der Waals surface area (Å²) in [5, 5.41) is 7.74. The first-order valence-electron chi connectivity index (χ1n) is 7.12. The van der Waals surface area contributed by atoms with E-state index in [4.69, 9.17) is 4.52 Å². The van der Waals surface area contributed by atoms with Crippen LogP contribution in [-0.2, 0) is 17.8 Å². The van der Waals surface area contributed by atoms with Crippen LogP contribution in [-0.4, -0.2) is 26.0 Å². The number of nitrogens with one attached hydrogen (secondary N) is 1. The lowest BCUT2D eigenvalue weighted by molar-refractivity contribution is -0.121. The first-order chi connectivity index (χ1) is 11.2. The van der Waals surface area contributed by atoms with Gasteiger partial charge in [-0.05, 0) is 19.1 Å². The smallest absolute Gasteiger partial charge is 0.227 e. The van der Waals surface area contributed by atoms with Crippen molar-refractivity contribution in [2.75, 3.05) is 0 Å². The number of pyridine rings is 1. The van der Waals surface area contributed by atoms with E-state index in [0.29, 0.717) is 31.1 Å². The number of carbonyl (C=O) groups is 1. The summed E-state index contributed by atoms with van der Waals surface area (Å²) in [5.74, 6) is 0.860. The molecule has 7 nitrogen and oxygen atoms in total. The molecule has 3 rings (SSSR count). The fourth-order valence-electron chi connectivity index (χ4n) is 1.95. The molecule has 0 bridgehead atoms. The molecule has 23 heavy (non-hydrogen) atoms. The Hall–Kier alpha value is -2.61. The van der Waals surface area contributed by atoms with Crippen LogP contribution in [0.25, 0.3) is 11.4 Å². The molecular formula is C15H15N5O2S. The summed E-state index contributed by atoms with van der Waals surface area (Å²) < 4.78 is 5.16. The van der Waals surface area contributed by atoms with Gasteiger partial charge in [0.25, 0.3) is 0 Å². The molecule has 0 radical (unpaired) electrons. The van der Waals surface area contributed by atoms with Crippen molar-refractivity contribution in [3.05, 3.63) is 46.5 Å². The first-order valence-corrected chi connectivity index (χ1v) is 7.93. The summed E-state index contributed by atoms with van der Waals surface area (Å²) in [7, 11) is 0. The zero-order valence-corrected chi connectivity index (χ0v) is 13.3. The van der Waals surface area contributed by atoms with Crippen molar-refractivity contribution in [3.8, 4) is 11.4 Å². The van der Waals surface area contributed by atoms with Crippen molar-refractivity contribution in [1.29, 1.82) is 0 Å². The number of nitrogens with zero attached hydrogens (tertiary/aromatic N) is 4. The Balaban J connectivity index is 1.48. The third-order valence-electron chi connectivity index (χ3n) is 3.08. The van der Waals surface area contributed by atoms with E-state index in [1.807, 2.05) is 13.0 Å². The monoisotopic (exact) mass is 329 g/mol. The van der Waals surface area contributed by atoms with Gasteiger partial charge in [-0.25, -0.2) is 4.98 Å². The Kier molecular flexibility index (Phi) is 4.72. The molecule has 0 unspecified atom stereocenters. The molecule has 3 aromatic rings. The van der Waals surface area contributed by atoms with Gasteiger partial charge >= 0.3 is 0 Å². The maximum Gasteiger partial charge on any atom is 0.227 e. The minimum absolute atomic E-state index is 0.0582. The third-order valence-corrected chi connectivity index (χ3v) is 4.00. The number of amides is 1. The molecule has 0 fully saturated rings. The molecule has 0 atom stereocenters. The maximum absolute atomic E-state index is 11.8. The van der Waals surface area contributed by atoms with Crippen molar-refractivity contribution < 1.29 is 9.32 Å². The first kappa shape index (κ1) is 15.3. The van der Waals surface area contributed by atoms with E-state index in [1.54, 1.807) is 36.0 Å². The predicted molar refractivity (Wildman–Crippen MR) is 84.5 cm³/mol. The Morgan fingerprint density at radius 1 is 1.39 bits per heavy atom. The molecule has 3 aromatic heterocycles. The van der Waals surface area contributed by atoms with Gasteiger partial charge in [-0.15, -0.1) is 11.3 Å². The summed E-state index contributed by atoms with van der Waals surface area (Å²) in [6.45, 7) is 2.43. The van der Waals surface area contributed by atoms with E-state index in [9.17, 15) is 4.79 Å². The second kappa shape index (κ2) is 7.10. The van der Waals surface area contributed by atoms with E-state index < -0.39 is 0 Å². The van der Waals surface area contributed by atoms with Crippen LogP contribution in [0.5, 0.6) is 0 Å². The van der Waals surface area contributed by atoms with Gasteiger partial charge in [0.2, 0.25) is 17.6 Å². The van der Waals surface area contributed by atoms with Crippen LogP contribution in [0.4, 0.5) is 0 Å². The highest BCUT2D eigenvalue weighted by molar-refractivity contribution is 7.11. The minimum atomic E-state index is -0.0582. The summed E-state index contributed by atoms with van der Waals surface area (Å²) in [6, 6.07) is 3.66. The maximum atomic E-state index is 11.8. The second-order valence-corrected chi connectivity index (χ2v) is 6.20. The number of carbonyl (C=O) groups excluding carboxylic acids is 1. The van der Waals surface area contributed by atoms with Crippen LogP contribution in [0.15, 0.2) is 35.2 Å². The summed E-state index contributed by atoms with van der Waals surface area (Å²) in [4.78, 5) is 25.3. The quantitative estimate of drug-likeness (QED) is 0.744. The predicted octanol–water partition coefficient (Wildman–Crippen LogP) is 2.15. The zero-order valence-electron chi connectivity index (χ0n) is 12.5. The van der Waals surface area contributed by atoms with E-state index in [-0.39, 0.29) is 5.91 Å². The van der Waals surface area contributed by atoms with Crippen LogP contribution < -0.4 is 5.32 Å². The van der Waals surface area contributed by atoms with Gasteiger partial charge in [-0.3, -0.25) is 9.78 Å². The van der Waals surface area contributed by atoms with Crippen LogP contribution in [0.2, 0.25) is 0 Å². The lowest BCUT2D eigenvalue weighted by atomic mass is 10.2. The Morgan fingerprint density at radius 3 is 3.04 bits per heavy atom. The number of hydrogen-bond donors (Lipinski definition) is 1. The van der Waals surface area contributed by atoms with Crippen LogP contribution in [0.1, 0.15) is 22.2 Å². The van der Waals surface area contributed by atoms with E-state index >= 15 is 0 Å². The van der Waals surface area contributed by atoms with Gasteiger partial charge < -0.3 is 9.84 Å². The average molecular weight is 329 g/mol. The molecule has 0 saturated heterocycles. The molecule has 0 spiro atoms. The van der Waals surface area contributed by atoms with Crippen LogP contribution in [0.3, 0.4) is 0 Å². The molecule has 0 aliphatic rings. The number of aryl methyl sites for hydroxylation is 2. The second-order valence-electron chi connectivity index (χ2n) is 4.88. The summed E-state index contributed by atoms with van der Waals surface area (Å²) >= 11 is 1.57. The third kappa shape index (κ3) is 4.19. The number of hydrogen-bond acceptors (Lipinski definition) is 7. The van der Waals surface area contributed by atoms with Crippen LogP contribution in [0, 0.1) is 6.92 Å². The van der Waals surface area contributed by atoms with Crippen molar-refractivity contribution >= 4 is 17.2 Å². The highest BCUT2D eigenvalue weighted by Gasteiger charge is 2.11. The molecule has 8 heteroatoms. The number of aromatic nitrogens is 4. The topological polar surface area (TPSA) is 93.8 Å². The molecule has 0 aliphatic carbocycles. The Labute approximate surface area is 136 Å². The molecule has 0 saturated carbocycles. The Bertz CT molecular complexity index is 784. The molecule has 1 amide bonds. The molecule has 3 heterocycles. The standard InChI is InChI=1S/C15H15N5O2S/c1-10-17-8-12(23-10)9-18-13(21)4-5-14-19-15(20-22-14)11-3-2-6-16-7-11/h2-3,6-8H,4-5,9H2,1H3,(H,18,21). The lowest BCUT2D eigenvalue weighted by Crippen LogP contribution is -2.22. The van der Waals surface area contributed by atoms with Crippen molar-refractivity contribution in [2.45, 2.75) is 26.3 Å². The van der Waals surface area contributed by atoms with Gasteiger partial charge in [0, 0.05) is 41.9 Å². The van der Waals surface area contributed by atoms with Crippen LogP contribution >= 0.6 is 11.3 Å². The SMILES string of the molecule is Cc1ncc(CNC(=O)CCc2nc(-c3cccnc3)no2)s1. The summed E-state index contributed by atoms with van der Waals surface area (Å²) in [5.41, 5.74) is 0.785. The molecular weight excluding hydrogens is 314 g/mol. The van der Waals surface area contributed by atoms with Crippen molar-refractivity contribution in [2.24, 2.45) is 0 Å². The molecule has 118 valence electrons. The minimum Gasteiger partial charge on any atom is -0.351 e. The number of thiazole rings is 1. The molecule has 0 aromatic carbocycles. The summed E-state index contributed by atoms with van der Waals surface area (Å²) in [6.07, 6.45) is 5.82. The van der Waals surface area contributed by atoms with Gasteiger partial charge in [0.05, 0.1) is 11.6 Å². The van der Waals surface area contributed by atoms with Crippen molar-refractivity contribution in [3.63, 3.8) is 0 Å². The average Bonchev–Trinajstić information content (AvgIpc) is 3.21. The van der Waals surface area contributed by atoms with Gasteiger partial charge in [0.1, 0.15) is 0 Å². The fraction of sp³-hybridized carbons (Fsp3) is 0.267. The van der Waals surface area contributed by atoms with Gasteiger partial charge in [0.15, 0.2) is 0 Å². The van der Waals surface area contributed by atoms with Crippen molar-refractivity contribution in [1.82, 2.24) is 25.4 Å². The van der Waals surface area contributed by atoms with E-state index in [1.165, 1.54) is 0 Å². The molecule has 1 N–H and O–H groups in total. The number of rotatable bonds is 6. The van der Waals surface area contributed by atoms with Gasteiger partial charge in [-0.2, -0.15) is 4.98 Å². The zero-order chi connectivity index (χ0) is 16.1. The normalized spacial score (nSPS) is 10.7.